The Morgan fingerprint density at radius 2 is 2.00 bits per heavy atom. The monoisotopic (exact) mass is 409 g/mol. The fourth-order valence-electron chi connectivity index (χ4n) is 3.52. The summed E-state index contributed by atoms with van der Waals surface area (Å²) < 4.78 is 7.16. The van der Waals surface area contributed by atoms with Crippen LogP contribution in [-0.2, 0) is 24.4 Å². The van der Waals surface area contributed by atoms with Crippen molar-refractivity contribution in [3.8, 4) is 5.75 Å². The van der Waals surface area contributed by atoms with Gasteiger partial charge < -0.3 is 19.3 Å². The van der Waals surface area contributed by atoms with Crippen LogP contribution in [0.5, 0.6) is 5.75 Å². The molecule has 0 bridgehead atoms. The van der Waals surface area contributed by atoms with Crippen LogP contribution in [0.4, 0.5) is 5.69 Å². The summed E-state index contributed by atoms with van der Waals surface area (Å²) in [6.45, 7) is 1.20. The second-order valence-electron chi connectivity index (χ2n) is 6.84. The first-order valence-electron chi connectivity index (χ1n) is 9.49. The maximum absolute atomic E-state index is 12.8. The van der Waals surface area contributed by atoms with Gasteiger partial charge in [0.1, 0.15) is 5.75 Å². The quantitative estimate of drug-likeness (QED) is 0.608. The Bertz CT molecular complexity index is 1000. The molecule has 0 saturated heterocycles. The van der Waals surface area contributed by atoms with Crippen molar-refractivity contribution in [3.05, 3.63) is 71.5 Å². The molecule has 1 N–H and O–H groups in total. The lowest BCUT2D eigenvalue weighted by Crippen LogP contribution is -2.30. The fraction of sp³-hybridized carbons (Fsp3) is 0.273. The summed E-state index contributed by atoms with van der Waals surface area (Å²) in [6.07, 6.45) is 2.56. The van der Waals surface area contributed by atoms with Gasteiger partial charge >= 0.3 is 0 Å². The van der Waals surface area contributed by atoms with Crippen LogP contribution in [0.3, 0.4) is 0 Å². The van der Waals surface area contributed by atoms with E-state index in [1.54, 1.807) is 13.3 Å². The Morgan fingerprint density at radius 1 is 1.21 bits per heavy atom. The molecular formula is C22H23N3O3S. The number of rotatable bonds is 7. The number of aliphatic hydroxyl groups is 1. The lowest BCUT2D eigenvalue weighted by Gasteiger charge is -2.17. The summed E-state index contributed by atoms with van der Waals surface area (Å²) in [6, 6.07) is 15.8. The molecule has 3 aromatic rings. The van der Waals surface area contributed by atoms with Crippen LogP contribution in [0.1, 0.15) is 16.8 Å². The van der Waals surface area contributed by atoms with E-state index in [2.05, 4.69) is 11.1 Å². The highest BCUT2D eigenvalue weighted by Crippen LogP contribution is 2.29. The Hall–Kier alpha value is -2.77. The number of carbonyl (C=O) groups excluding carboxylic acids is 1. The predicted molar refractivity (Wildman–Crippen MR) is 113 cm³/mol. The van der Waals surface area contributed by atoms with Gasteiger partial charge in [0.25, 0.3) is 0 Å². The van der Waals surface area contributed by atoms with E-state index in [1.807, 2.05) is 51.9 Å². The number of benzene rings is 2. The zero-order valence-corrected chi connectivity index (χ0v) is 17.1. The summed E-state index contributed by atoms with van der Waals surface area (Å²) in [5, 5.41) is 10.4. The third-order valence-corrected chi connectivity index (χ3v) is 6.05. The van der Waals surface area contributed by atoms with Gasteiger partial charge in [0.2, 0.25) is 5.91 Å². The molecule has 150 valence electrons. The number of para-hydroxylation sites is 1. The SMILES string of the molecule is COc1ccc(Cn2c(CO)cnc2SCC(=O)N2CCc3ccccc32)cc1. The van der Waals surface area contributed by atoms with E-state index in [1.165, 1.54) is 17.3 Å². The van der Waals surface area contributed by atoms with Crippen LogP contribution in [0.25, 0.3) is 0 Å². The van der Waals surface area contributed by atoms with E-state index in [9.17, 15) is 9.90 Å². The molecule has 0 radical (unpaired) electrons. The van der Waals surface area contributed by atoms with E-state index >= 15 is 0 Å². The average molecular weight is 410 g/mol. The van der Waals surface area contributed by atoms with Crippen molar-refractivity contribution in [3.63, 3.8) is 0 Å². The van der Waals surface area contributed by atoms with Gasteiger partial charge in [-0.05, 0) is 35.7 Å². The third-order valence-electron chi connectivity index (χ3n) is 5.08. The number of nitrogens with zero attached hydrogens (tertiary/aromatic N) is 3. The van der Waals surface area contributed by atoms with Gasteiger partial charge in [0, 0.05) is 18.8 Å². The molecule has 0 aliphatic carbocycles. The number of anilines is 1. The van der Waals surface area contributed by atoms with Crippen LogP contribution in [0.2, 0.25) is 0 Å². The summed E-state index contributed by atoms with van der Waals surface area (Å²) >= 11 is 1.40. The van der Waals surface area contributed by atoms with Crippen LogP contribution in [-0.4, -0.2) is 40.0 Å². The molecule has 0 atom stereocenters. The molecule has 0 saturated carbocycles. The summed E-state index contributed by atoms with van der Waals surface area (Å²) in [5.41, 5.74) is 4.02. The van der Waals surface area contributed by atoms with Crippen molar-refractivity contribution >= 4 is 23.4 Å². The van der Waals surface area contributed by atoms with Crippen LogP contribution in [0.15, 0.2) is 59.9 Å². The molecule has 0 spiro atoms. The minimum atomic E-state index is -0.100. The maximum Gasteiger partial charge on any atom is 0.237 e. The Morgan fingerprint density at radius 3 is 2.76 bits per heavy atom. The van der Waals surface area contributed by atoms with Crippen molar-refractivity contribution < 1.29 is 14.6 Å². The number of hydrogen-bond donors (Lipinski definition) is 1. The van der Waals surface area contributed by atoms with Crippen molar-refractivity contribution in [1.82, 2.24) is 9.55 Å². The highest BCUT2D eigenvalue weighted by atomic mass is 32.2. The number of fused-ring (bicyclic) bond motifs is 1. The smallest absolute Gasteiger partial charge is 0.237 e. The molecule has 29 heavy (non-hydrogen) atoms. The van der Waals surface area contributed by atoms with Gasteiger partial charge in [-0.1, -0.05) is 42.1 Å². The Kier molecular flexibility index (Phi) is 5.87. The zero-order valence-electron chi connectivity index (χ0n) is 16.2. The molecule has 1 amide bonds. The molecule has 1 aromatic heterocycles. The van der Waals surface area contributed by atoms with Crippen molar-refractivity contribution in [1.29, 1.82) is 0 Å². The van der Waals surface area contributed by atoms with Crippen molar-refractivity contribution in [2.75, 3.05) is 24.3 Å². The normalized spacial score (nSPS) is 12.8. The number of ether oxygens (including phenoxy) is 1. The number of methoxy groups -OCH3 is 1. The van der Waals surface area contributed by atoms with Gasteiger partial charge in [-0.3, -0.25) is 4.79 Å². The average Bonchev–Trinajstić information content (AvgIpc) is 3.36. The minimum absolute atomic E-state index is 0.0736. The highest BCUT2D eigenvalue weighted by Gasteiger charge is 2.24. The molecule has 0 fully saturated rings. The highest BCUT2D eigenvalue weighted by molar-refractivity contribution is 7.99. The molecule has 6 nitrogen and oxygen atoms in total. The fourth-order valence-corrected chi connectivity index (χ4v) is 4.39. The van der Waals surface area contributed by atoms with E-state index in [0.717, 1.165) is 40.8 Å². The second kappa shape index (κ2) is 8.71. The first-order chi connectivity index (χ1) is 14.2. The van der Waals surface area contributed by atoms with Crippen molar-refractivity contribution in [2.45, 2.75) is 24.7 Å². The topological polar surface area (TPSA) is 67.6 Å². The molecule has 2 heterocycles. The third kappa shape index (κ3) is 4.16. The van der Waals surface area contributed by atoms with E-state index in [0.29, 0.717) is 12.3 Å². The van der Waals surface area contributed by atoms with Gasteiger partial charge in [-0.25, -0.2) is 4.98 Å². The Balaban J connectivity index is 1.46. The summed E-state index contributed by atoms with van der Waals surface area (Å²) in [4.78, 5) is 19.1. The predicted octanol–water partition coefficient (Wildman–Crippen LogP) is 3.11. The molecule has 0 unspecified atom stereocenters. The molecule has 7 heteroatoms. The number of amides is 1. The number of aliphatic hydroxyl groups excluding tert-OH is 1. The standard InChI is InChI=1S/C22H23N3O3S/c1-28-19-8-6-16(7-9-19)13-25-18(14-26)12-23-22(25)29-15-21(27)24-11-10-17-4-2-3-5-20(17)24/h2-9,12,26H,10-11,13-15H2,1H3. The summed E-state index contributed by atoms with van der Waals surface area (Å²) in [5.74, 6) is 1.18. The second-order valence-corrected chi connectivity index (χ2v) is 7.78. The van der Waals surface area contributed by atoms with E-state index < -0.39 is 0 Å². The van der Waals surface area contributed by atoms with E-state index in [-0.39, 0.29) is 12.5 Å². The maximum atomic E-state index is 12.8. The van der Waals surface area contributed by atoms with Gasteiger partial charge in [0.15, 0.2) is 5.16 Å². The largest absolute Gasteiger partial charge is 0.497 e. The first kappa shape index (κ1) is 19.5. The molecule has 1 aliphatic heterocycles. The van der Waals surface area contributed by atoms with Crippen LogP contribution >= 0.6 is 11.8 Å². The van der Waals surface area contributed by atoms with Gasteiger partial charge in [0.05, 0.1) is 31.4 Å². The molecule has 4 rings (SSSR count). The lowest BCUT2D eigenvalue weighted by molar-refractivity contribution is -0.116. The molecule has 2 aromatic carbocycles. The van der Waals surface area contributed by atoms with E-state index in [4.69, 9.17) is 4.74 Å². The van der Waals surface area contributed by atoms with Gasteiger partial charge in [-0.15, -0.1) is 0 Å². The van der Waals surface area contributed by atoms with Crippen molar-refractivity contribution in [2.24, 2.45) is 0 Å². The first-order valence-corrected chi connectivity index (χ1v) is 10.5. The number of thioether (sulfide) groups is 1. The van der Waals surface area contributed by atoms with Crippen LogP contribution in [0, 0.1) is 0 Å². The van der Waals surface area contributed by atoms with Crippen LogP contribution < -0.4 is 9.64 Å². The van der Waals surface area contributed by atoms with Gasteiger partial charge in [-0.2, -0.15) is 0 Å². The molecular weight excluding hydrogens is 386 g/mol. The number of aromatic nitrogens is 2. The molecule has 1 aliphatic rings. The zero-order chi connectivity index (χ0) is 20.2. The number of carbonyl (C=O) groups is 1. The number of hydrogen-bond acceptors (Lipinski definition) is 5. The summed E-state index contributed by atoms with van der Waals surface area (Å²) in [7, 11) is 1.64. The minimum Gasteiger partial charge on any atom is -0.497 e. The number of imidazole rings is 1. The lowest BCUT2D eigenvalue weighted by atomic mass is 10.2. The Labute approximate surface area is 174 Å².